The topological polar surface area (TPSA) is 119 Å². The van der Waals surface area contributed by atoms with E-state index in [0.717, 1.165) is 15.4 Å². The van der Waals surface area contributed by atoms with Crippen molar-refractivity contribution in [1.29, 1.82) is 0 Å². The highest BCUT2D eigenvalue weighted by molar-refractivity contribution is 9.10. The van der Waals surface area contributed by atoms with Crippen molar-refractivity contribution in [3.8, 4) is 5.75 Å². The smallest absolute Gasteiger partial charge is 0.145 e. The van der Waals surface area contributed by atoms with Gasteiger partial charge in [0.1, 0.15) is 34.8 Å². The molecule has 0 aliphatic heterocycles. The molecule has 1 saturated carbocycles. The molecule has 0 spiro atoms. The fourth-order valence-electron chi connectivity index (χ4n) is 4.42. The zero-order valence-electron chi connectivity index (χ0n) is 17.1. The fourth-order valence-corrected chi connectivity index (χ4v) is 4.95. The van der Waals surface area contributed by atoms with Crippen LogP contribution in [0.25, 0.3) is 21.9 Å². The predicted octanol–water partition coefficient (Wildman–Crippen LogP) is 3.73. The Morgan fingerprint density at radius 1 is 1.31 bits per heavy atom. The Morgan fingerprint density at radius 3 is 2.94 bits per heavy atom. The molecule has 166 valence electrons. The number of aliphatic hydroxyl groups excluding tert-OH is 1. The van der Waals surface area contributed by atoms with Crippen LogP contribution >= 0.6 is 27.5 Å². The number of aliphatic hydroxyl groups is 2. The zero-order chi connectivity index (χ0) is 22.6. The summed E-state index contributed by atoms with van der Waals surface area (Å²) in [7, 11) is 0. The van der Waals surface area contributed by atoms with Crippen LogP contribution in [0, 0.1) is 5.92 Å². The van der Waals surface area contributed by atoms with Crippen LogP contribution in [0.3, 0.4) is 0 Å². The van der Waals surface area contributed by atoms with E-state index in [1.807, 2.05) is 41.1 Å². The van der Waals surface area contributed by atoms with Crippen molar-refractivity contribution in [2.24, 2.45) is 5.92 Å². The number of aromatic nitrogens is 4. The van der Waals surface area contributed by atoms with Crippen LogP contribution in [0.5, 0.6) is 5.75 Å². The van der Waals surface area contributed by atoms with Crippen LogP contribution in [0.1, 0.15) is 19.4 Å². The van der Waals surface area contributed by atoms with Crippen LogP contribution in [-0.2, 0) is 0 Å². The molecule has 4 aromatic rings. The van der Waals surface area contributed by atoms with Crippen LogP contribution in [0.4, 0.5) is 5.82 Å². The van der Waals surface area contributed by atoms with E-state index in [1.165, 1.54) is 6.33 Å². The lowest BCUT2D eigenvalue weighted by Gasteiger charge is -2.29. The minimum atomic E-state index is -1.34. The van der Waals surface area contributed by atoms with Gasteiger partial charge in [0.05, 0.1) is 33.6 Å². The second-order valence-electron chi connectivity index (χ2n) is 8.32. The molecule has 1 aromatic carbocycles. The van der Waals surface area contributed by atoms with Crippen LogP contribution in [-0.4, -0.2) is 48.0 Å². The SMILES string of the molecule is C[C@@]1(O)[C@@H](COc2ccc3cc(Br)c(N)nc3c2)C[C@@H](n2ccc3c(Cl)ncnc32)[C@@H]1O. The van der Waals surface area contributed by atoms with Crippen molar-refractivity contribution < 1.29 is 14.9 Å². The Kier molecular flexibility index (Phi) is 5.24. The molecular weight excluding hydrogens is 498 g/mol. The summed E-state index contributed by atoms with van der Waals surface area (Å²) < 4.78 is 8.60. The van der Waals surface area contributed by atoms with E-state index in [2.05, 4.69) is 30.9 Å². The zero-order valence-corrected chi connectivity index (χ0v) is 19.5. The third kappa shape index (κ3) is 3.49. The molecule has 1 aliphatic rings. The number of nitrogens with zero attached hydrogens (tertiary/aromatic N) is 4. The first-order chi connectivity index (χ1) is 15.3. The Hall–Kier alpha value is -2.46. The molecule has 1 fully saturated rings. The van der Waals surface area contributed by atoms with Crippen molar-refractivity contribution in [1.82, 2.24) is 19.5 Å². The van der Waals surface area contributed by atoms with Gasteiger partial charge in [0.25, 0.3) is 0 Å². The molecule has 32 heavy (non-hydrogen) atoms. The van der Waals surface area contributed by atoms with Crippen molar-refractivity contribution in [3.63, 3.8) is 0 Å². The number of hydrogen-bond donors (Lipinski definition) is 3. The highest BCUT2D eigenvalue weighted by atomic mass is 79.9. The summed E-state index contributed by atoms with van der Waals surface area (Å²) in [6.07, 6.45) is 2.71. The maximum Gasteiger partial charge on any atom is 0.145 e. The third-order valence-corrected chi connectivity index (χ3v) is 7.29. The molecule has 10 heteroatoms. The molecular formula is C22H21BrClN5O3. The molecule has 0 radical (unpaired) electrons. The summed E-state index contributed by atoms with van der Waals surface area (Å²) in [5.74, 6) is 0.713. The third-order valence-electron chi connectivity index (χ3n) is 6.35. The van der Waals surface area contributed by atoms with E-state index in [1.54, 1.807) is 6.92 Å². The van der Waals surface area contributed by atoms with Gasteiger partial charge in [-0.1, -0.05) is 11.6 Å². The molecule has 8 nitrogen and oxygen atoms in total. The van der Waals surface area contributed by atoms with Gasteiger partial charge in [-0.3, -0.25) is 0 Å². The van der Waals surface area contributed by atoms with Gasteiger partial charge in [-0.15, -0.1) is 0 Å². The lowest BCUT2D eigenvalue weighted by atomic mass is 9.92. The van der Waals surface area contributed by atoms with Gasteiger partial charge in [-0.05, 0) is 53.5 Å². The lowest BCUT2D eigenvalue weighted by molar-refractivity contribution is -0.0821. The van der Waals surface area contributed by atoms with Gasteiger partial charge in [0.2, 0.25) is 0 Å². The highest BCUT2D eigenvalue weighted by Gasteiger charge is 2.51. The maximum absolute atomic E-state index is 11.1. The summed E-state index contributed by atoms with van der Waals surface area (Å²) in [4.78, 5) is 12.7. The number of pyridine rings is 1. The van der Waals surface area contributed by atoms with E-state index in [9.17, 15) is 10.2 Å². The molecule has 3 heterocycles. The average Bonchev–Trinajstić information content (AvgIpc) is 3.28. The summed E-state index contributed by atoms with van der Waals surface area (Å²) in [5.41, 5.74) is 5.89. The monoisotopic (exact) mass is 517 g/mol. The molecule has 0 amide bonds. The number of halogens is 2. The quantitative estimate of drug-likeness (QED) is 0.352. The number of nitrogen functional groups attached to an aromatic ring is 1. The molecule has 0 unspecified atom stereocenters. The normalized spacial score (nSPS) is 25.6. The summed E-state index contributed by atoms with van der Waals surface area (Å²) in [6, 6.07) is 8.91. The molecule has 0 saturated heterocycles. The molecule has 0 bridgehead atoms. The van der Waals surface area contributed by atoms with E-state index in [4.69, 9.17) is 22.1 Å². The number of hydrogen-bond acceptors (Lipinski definition) is 7. The Balaban J connectivity index is 1.38. The molecule has 4 atom stereocenters. The van der Waals surface area contributed by atoms with Crippen molar-refractivity contribution in [2.45, 2.75) is 31.1 Å². The molecule has 4 N–H and O–H groups in total. The van der Waals surface area contributed by atoms with Gasteiger partial charge in [-0.2, -0.15) is 0 Å². The van der Waals surface area contributed by atoms with Crippen LogP contribution in [0.2, 0.25) is 5.15 Å². The number of benzene rings is 1. The fraction of sp³-hybridized carbons (Fsp3) is 0.318. The average molecular weight is 519 g/mol. The molecule has 1 aliphatic carbocycles. The first-order valence-electron chi connectivity index (χ1n) is 10.1. The number of anilines is 1. The number of rotatable bonds is 4. The van der Waals surface area contributed by atoms with E-state index >= 15 is 0 Å². The minimum Gasteiger partial charge on any atom is -0.493 e. The number of nitrogens with two attached hydrogens (primary N) is 1. The van der Waals surface area contributed by atoms with Crippen molar-refractivity contribution >= 4 is 55.3 Å². The van der Waals surface area contributed by atoms with E-state index in [-0.39, 0.29) is 18.6 Å². The van der Waals surface area contributed by atoms with Gasteiger partial charge in [0.15, 0.2) is 0 Å². The Bertz CT molecular complexity index is 1330. The van der Waals surface area contributed by atoms with Gasteiger partial charge >= 0.3 is 0 Å². The maximum atomic E-state index is 11.1. The summed E-state index contributed by atoms with van der Waals surface area (Å²) in [5, 5.41) is 24.0. The number of fused-ring (bicyclic) bond motifs is 2. The first-order valence-corrected chi connectivity index (χ1v) is 11.3. The Labute approximate surface area is 197 Å². The van der Waals surface area contributed by atoms with Crippen molar-refractivity contribution in [2.75, 3.05) is 12.3 Å². The number of ether oxygens (including phenoxy) is 1. The minimum absolute atomic E-state index is 0.229. The second kappa shape index (κ2) is 7.84. The van der Waals surface area contributed by atoms with E-state index in [0.29, 0.717) is 34.2 Å². The first kappa shape index (κ1) is 21.4. The summed E-state index contributed by atoms with van der Waals surface area (Å²) in [6.45, 7) is 1.87. The van der Waals surface area contributed by atoms with Crippen LogP contribution < -0.4 is 10.5 Å². The van der Waals surface area contributed by atoms with Crippen LogP contribution in [0.15, 0.2) is 47.3 Å². The highest BCUT2D eigenvalue weighted by Crippen LogP contribution is 2.44. The van der Waals surface area contributed by atoms with E-state index < -0.39 is 11.7 Å². The molecule has 3 aromatic heterocycles. The predicted molar refractivity (Wildman–Crippen MR) is 126 cm³/mol. The standard InChI is InChI=1S/C22H21BrClN5O3/c1-22(31)12(9-32-13-3-2-11-6-15(23)20(25)28-16(11)8-13)7-17(18(22)30)29-5-4-14-19(24)26-10-27-21(14)29/h2-6,8,10,12,17-18,30-31H,7,9H2,1H3,(H2,25,28)/t12-,17-,18+,22-/m1/s1. The lowest BCUT2D eigenvalue weighted by Crippen LogP contribution is -2.43. The van der Waals surface area contributed by atoms with Gasteiger partial charge < -0.3 is 25.3 Å². The van der Waals surface area contributed by atoms with Crippen molar-refractivity contribution in [3.05, 3.63) is 52.5 Å². The van der Waals surface area contributed by atoms with Gasteiger partial charge in [0, 0.05) is 23.6 Å². The molecule has 5 rings (SSSR count). The largest absolute Gasteiger partial charge is 0.493 e. The second-order valence-corrected chi connectivity index (χ2v) is 9.53. The van der Waals surface area contributed by atoms with Gasteiger partial charge in [-0.25, -0.2) is 15.0 Å². The summed E-state index contributed by atoms with van der Waals surface area (Å²) >= 11 is 9.55. The Morgan fingerprint density at radius 2 is 2.12 bits per heavy atom.